The predicted octanol–water partition coefficient (Wildman–Crippen LogP) is 6.56. The molecule has 0 aliphatic carbocycles. The van der Waals surface area contributed by atoms with Crippen LogP contribution < -0.4 is 5.32 Å². The lowest BCUT2D eigenvalue weighted by molar-refractivity contribution is -0.192. The molecule has 48 heavy (non-hydrogen) atoms. The monoisotopic (exact) mass is 727 g/mol. The summed E-state index contributed by atoms with van der Waals surface area (Å²) in [6, 6.07) is 30.6. The fourth-order valence-corrected chi connectivity index (χ4v) is 4.85. The molecule has 3 N–H and O–H groups in total. The summed E-state index contributed by atoms with van der Waals surface area (Å²) in [7, 11) is 3.95. The van der Waals surface area contributed by atoms with E-state index in [9.17, 15) is 27.9 Å². The van der Waals surface area contributed by atoms with Gasteiger partial charge in [0, 0.05) is 36.2 Å². The van der Waals surface area contributed by atoms with E-state index >= 15 is 0 Å². The molecule has 0 spiro atoms. The van der Waals surface area contributed by atoms with Crippen LogP contribution in [0.1, 0.15) is 27.0 Å². The number of aromatic hydroxyl groups is 1. The van der Waals surface area contributed by atoms with Gasteiger partial charge in [-0.15, -0.1) is 0 Å². The van der Waals surface area contributed by atoms with E-state index in [-0.39, 0.29) is 17.6 Å². The number of likely N-dealkylation sites (N-methyl/N-ethyl adjacent to an activating group) is 1. The average molecular weight is 729 g/mol. The number of hydrogen-bond donors (Lipinski definition) is 3. The molecule has 0 heterocycles. The third-order valence-electron chi connectivity index (χ3n) is 7.10. The number of nitrogens with one attached hydrogen (secondary N) is 1. The second kappa shape index (κ2) is 18.0. The second-order valence-electron chi connectivity index (χ2n) is 11.1. The van der Waals surface area contributed by atoms with Crippen molar-refractivity contribution in [1.29, 1.82) is 0 Å². The molecule has 0 atom stereocenters. The van der Waals surface area contributed by atoms with E-state index in [1.807, 2.05) is 103 Å². The molecule has 0 aliphatic rings. The Bertz CT molecular complexity index is 1660. The first-order valence-corrected chi connectivity index (χ1v) is 15.7. The lowest BCUT2D eigenvalue weighted by Gasteiger charge is -2.24. The molecule has 4 aromatic rings. The zero-order valence-corrected chi connectivity index (χ0v) is 28.1. The number of halogens is 4. The van der Waals surface area contributed by atoms with E-state index < -0.39 is 12.1 Å². The molecular weight excluding hydrogens is 691 g/mol. The average Bonchev–Trinajstić information content (AvgIpc) is 3.04. The van der Waals surface area contributed by atoms with Crippen molar-refractivity contribution in [2.75, 3.05) is 33.7 Å². The topological polar surface area (TPSA) is 110 Å². The summed E-state index contributed by atoms with van der Waals surface area (Å²) in [5.41, 5.74) is 5.40. The number of hydrogen-bond acceptors (Lipinski definition) is 5. The van der Waals surface area contributed by atoms with E-state index in [1.165, 1.54) is 0 Å². The van der Waals surface area contributed by atoms with Crippen molar-refractivity contribution >= 4 is 33.7 Å². The molecule has 0 fully saturated rings. The van der Waals surface area contributed by atoms with Gasteiger partial charge in [-0.1, -0.05) is 76.6 Å². The molecule has 12 heteroatoms. The quantitative estimate of drug-likeness (QED) is 0.153. The number of phenolic OH excluding ortho intramolecular Hbond substituents is 1. The van der Waals surface area contributed by atoms with Gasteiger partial charge in [-0.05, 0) is 84.7 Å². The standard InChI is InChI=1S/C34H36BrN3O3.C2HF3O2/c1-37(2)21-19-36-34(41)32-9-4-3-8-31(32)28-7-5-6-27(22-28)24-38(20-18-25-12-16-30(39)17-13-25)33(40)23-26-10-14-29(35)15-11-26;3-2(4,5)1(6)7/h3-17,22,39H,18-21,23-24H2,1-2H3,(H,36,41);(H,6,7). The van der Waals surface area contributed by atoms with Gasteiger partial charge in [0.2, 0.25) is 5.91 Å². The zero-order valence-electron chi connectivity index (χ0n) is 26.5. The zero-order chi connectivity index (χ0) is 35.3. The number of amides is 2. The normalized spacial score (nSPS) is 11.0. The van der Waals surface area contributed by atoms with Gasteiger partial charge >= 0.3 is 12.1 Å². The Hall–Kier alpha value is -4.68. The highest BCUT2D eigenvalue weighted by molar-refractivity contribution is 9.10. The van der Waals surface area contributed by atoms with Crippen LogP contribution in [0.5, 0.6) is 5.75 Å². The van der Waals surface area contributed by atoms with Gasteiger partial charge in [-0.2, -0.15) is 13.2 Å². The number of alkyl halides is 3. The summed E-state index contributed by atoms with van der Waals surface area (Å²) in [6.07, 6.45) is -4.11. The van der Waals surface area contributed by atoms with Crippen LogP contribution in [0.15, 0.2) is 102 Å². The number of nitrogens with zero attached hydrogens (tertiary/aromatic N) is 2. The molecule has 4 rings (SSSR count). The molecule has 0 aliphatic heterocycles. The molecule has 0 aromatic heterocycles. The maximum absolute atomic E-state index is 13.5. The van der Waals surface area contributed by atoms with Crippen molar-refractivity contribution in [3.63, 3.8) is 0 Å². The van der Waals surface area contributed by atoms with E-state index in [0.29, 0.717) is 38.0 Å². The van der Waals surface area contributed by atoms with Crippen LogP contribution in [0.25, 0.3) is 11.1 Å². The third-order valence-corrected chi connectivity index (χ3v) is 7.63. The van der Waals surface area contributed by atoms with Crippen molar-refractivity contribution in [3.8, 4) is 16.9 Å². The number of phenols is 1. The van der Waals surface area contributed by atoms with Gasteiger partial charge in [-0.3, -0.25) is 9.59 Å². The van der Waals surface area contributed by atoms with Crippen LogP contribution in [-0.4, -0.2) is 77.7 Å². The van der Waals surface area contributed by atoms with E-state index in [2.05, 4.69) is 27.3 Å². The van der Waals surface area contributed by atoms with Crippen LogP contribution in [0.3, 0.4) is 0 Å². The van der Waals surface area contributed by atoms with Gasteiger partial charge in [-0.25, -0.2) is 4.79 Å². The van der Waals surface area contributed by atoms with E-state index in [0.717, 1.165) is 38.8 Å². The number of carbonyl (C=O) groups excluding carboxylic acids is 2. The van der Waals surface area contributed by atoms with Crippen LogP contribution in [0.2, 0.25) is 0 Å². The van der Waals surface area contributed by atoms with Gasteiger partial charge in [0.25, 0.3) is 5.91 Å². The van der Waals surface area contributed by atoms with Crippen LogP contribution in [0.4, 0.5) is 13.2 Å². The largest absolute Gasteiger partial charge is 0.508 e. The highest BCUT2D eigenvalue weighted by Crippen LogP contribution is 2.26. The summed E-state index contributed by atoms with van der Waals surface area (Å²) >= 11 is 3.46. The summed E-state index contributed by atoms with van der Waals surface area (Å²) in [6.45, 7) is 2.31. The maximum Gasteiger partial charge on any atom is 0.490 e. The van der Waals surface area contributed by atoms with Crippen molar-refractivity contribution in [3.05, 3.63) is 124 Å². The Morgan fingerprint density at radius 3 is 2.06 bits per heavy atom. The molecule has 0 saturated heterocycles. The minimum atomic E-state index is -5.08. The lowest BCUT2D eigenvalue weighted by atomic mass is 9.97. The number of carboxylic acids is 1. The van der Waals surface area contributed by atoms with Crippen molar-refractivity contribution in [2.24, 2.45) is 0 Å². The Balaban J connectivity index is 0.000000804. The molecule has 0 radical (unpaired) electrons. The van der Waals surface area contributed by atoms with Gasteiger partial charge in [0.15, 0.2) is 0 Å². The lowest BCUT2D eigenvalue weighted by Crippen LogP contribution is -2.33. The Labute approximate surface area is 285 Å². The molecule has 8 nitrogen and oxygen atoms in total. The second-order valence-corrected chi connectivity index (χ2v) is 12.1. The summed E-state index contributed by atoms with van der Waals surface area (Å²) in [5, 5.41) is 19.8. The highest BCUT2D eigenvalue weighted by atomic mass is 79.9. The fourth-order valence-electron chi connectivity index (χ4n) is 4.59. The summed E-state index contributed by atoms with van der Waals surface area (Å²) < 4.78 is 32.7. The van der Waals surface area contributed by atoms with Crippen molar-refractivity contribution in [2.45, 2.75) is 25.6 Å². The fraction of sp³-hybridized carbons (Fsp3) is 0.250. The molecule has 0 unspecified atom stereocenters. The number of benzene rings is 4. The number of carbonyl (C=O) groups is 3. The minimum Gasteiger partial charge on any atom is -0.508 e. The SMILES string of the molecule is CN(C)CCNC(=O)c1ccccc1-c1cccc(CN(CCc2ccc(O)cc2)C(=O)Cc2ccc(Br)cc2)c1.O=C(O)C(F)(F)F. The number of rotatable bonds is 12. The first-order valence-electron chi connectivity index (χ1n) is 14.9. The number of aliphatic carboxylic acids is 1. The summed E-state index contributed by atoms with van der Waals surface area (Å²) in [5.74, 6) is -2.60. The van der Waals surface area contributed by atoms with E-state index in [4.69, 9.17) is 9.90 Å². The first-order chi connectivity index (χ1) is 22.7. The van der Waals surface area contributed by atoms with Crippen molar-refractivity contribution in [1.82, 2.24) is 15.1 Å². The minimum absolute atomic E-state index is 0.0390. The Morgan fingerprint density at radius 1 is 0.812 bits per heavy atom. The van der Waals surface area contributed by atoms with Crippen LogP contribution in [-0.2, 0) is 29.0 Å². The Kier molecular flexibility index (Phi) is 14.2. The molecule has 2 amide bonds. The number of carboxylic acid groups (broad SMARTS) is 1. The molecule has 0 saturated carbocycles. The van der Waals surface area contributed by atoms with Gasteiger partial charge < -0.3 is 25.3 Å². The predicted molar refractivity (Wildman–Crippen MR) is 182 cm³/mol. The Morgan fingerprint density at radius 2 is 1.44 bits per heavy atom. The third kappa shape index (κ3) is 12.5. The van der Waals surface area contributed by atoms with Crippen LogP contribution >= 0.6 is 15.9 Å². The molecule has 0 bridgehead atoms. The molecule has 254 valence electrons. The van der Waals surface area contributed by atoms with Gasteiger partial charge in [0.1, 0.15) is 5.75 Å². The highest BCUT2D eigenvalue weighted by Gasteiger charge is 2.38. The maximum atomic E-state index is 13.5. The molecular formula is C36H37BrF3N3O5. The van der Waals surface area contributed by atoms with Crippen LogP contribution in [0, 0.1) is 0 Å². The van der Waals surface area contributed by atoms with Gasteiger partial charge in [0.05, 0.1) is 6.42 Å². The first kappa shape index (κ1) is 37.8. The smallest absolute Gasteiger partial charge is 0.490 e. The summed E-state index contributed by atoms with van der Waals surface area (Å²) in [4.78, 5) is 39.4. The van der Waals surface area contributed by atoms with Crippen molar-refractivity contribution < 1.29 is 37.8 Å². The molecule has 4 aromatic carbocycles. The van der Waals surface area contributed by atoms with E-state index in [1.54, 1.807) is 12.1 Å².